The topological polar surface area (TPSA) is 55.5 Å². The number of ether oxygens (including phenoxy) is 1. The predicted octanol–water partition coefficient (Wildman–Crippen LogP) is 4.39. The van der Waals surface area contributed by atoms with Crippen molar-refractivity contribution in [2.75, 3.05) is 7.11 Å². The summed E-state index contributed by atoms with van der Waals surface area (Å²) in [7, 11) is 1.67. The van der Waals surface area contributed by atoms with Crippen LogP contribution in [-0.2, 0) is 11.8 Å². The smallest absolute Gasteiger partial charge is 0.123 e. The normalized spacial score (nSPS) is 41.6. The van der Waals surface area contributed by atoms with Gasteiger partial charge in [0.25, 0.3) is 0 Å². The summed E-state index contributed by atoms with van der Waals surface area (Å²) < 4.78 is 5.41. The fourth-order valence-corrected chi connectivity index (χ4v) is 7.16. The van der Waals surface area contributed by atoms with Crippen LogP contribution in [0.25, 0.3) is 0 Å². The summed E-state index contributed by atoms with van der Waals surface area (Å²) in [4.78, 5) is 0. The molecule has 3 aliphatic rings. The van der Waals surface area contributed by atoms with E-state index < -0.39 is 0 Å². The van der Waals surface area contributed by atoms with Crippen LogP contribution < -0.4 is 10.5 Å². The third-order valence-corrected chi connectivity index (χ3v) is 8.56. The van der Waals surface area contributed by atoms with E-state index in [1.807, 2.05) is 0 Å². The van der Waals surface area contributed by atoms with Crippen LogP contribution in [0, 0.1) is 22.7 Å². The maximum Gasteiger partial charge on any atom is 0.123 e. The van der Waals surface area contributed by atoms with Crippen molar-refractivity contribution in [1.82, 2.24) is 0 Å². The van der Waals surface area contributed by atoms with Gasteiger partial charge < -0.3 is 15.6 Å². The Morgan fingerprint density at radius 1 is 1.08 bits per heavy atom. The van der Waals surface area contributed by atoms with Gasteiger partial charge in [-0.05, 0) is 66.4 Å². The van der Waals surface area contributed by atoms with E-state index in [0.717, 1.165) is 25.0 Å². The molecule has 0 spiro atoms. The lowest BCUT2D eigenvalue weighted by atomic mass is 9.43. The molecule has 1 aromatic rings. The Hall–Kier alpha value is -1.22. The van der Waals surface area contributed by atoms with Crippen LogP contribution in [0.2, 0.25) is 0 Å². The van der Waals surface area contributed by atoms with E-state index >= 15 is 0 Å². The molecule has 0 saturated heterocycles. The van der Waals surface area contributed by atoms with Gasteiger partial charge in [-0.3, -0.25) is 0 Å². The van der Waals surface area contributed by atoms with Crippen LogP contribution in [0.1, 0.15) is 64.5 Å². The molecule has 5 unspecified atom stereocenters. The van der Waals surface area contributed by atoms with Crippen molar-refractivity contribution in [3.05, 3.63) is 23.3 Å². The Balaban J connectivity index is 1.81. The molecular weight excluding hydrogens is 310 g/mol. The number of benzene rings is 1. The Morgan fingerprint density at radius 2 is 1.80 bits per heavy atom. The summed E-state index contributed by atoms with van der Waals surface area (Å²) in [6.45, 7) is 9.65. The third kappa shape index (κ3) is 2.08. The van der Waals surface area contributed by atoms with E-state index in [-0.39, 0.29) is 16.2 Å². The highest BCUT2D eigenvalue weighted by Crippen LogP contribution is 2.68. The Bertz CT molecular complexity index is 712. The fourth-order valence-electron chi connectivity index (χ4n) is 7.16. The minimum absolute atomic E-state index is 0.0639. The molecule has 2 saturated carbocycles. The number of rotatable bonds is 1. The highest BCUT2D eigenvalue weighted by atomic mass is 16.5. The predicted molar refractivity (Wildman–Crippen MR) is 101 cm³/mol. The lowest BCUT2D eigenvalue weighted by Gasteiger charge is -2.62. The van der Waals surface area contributed by atoms with Crippen molar-refractivity contribution in [1.29, 1.82) is 0 Å². The number of nitrogens with two attached hydrogens (primary N) is 1. The zero-order chi connectivity index (χ0) is 18.2. The van der Waals surface area contributed by atoms with Gasteiger partial charge in [-0.25, -0.2) is 0 Å². The van der Waals surface area contributed by atoms with Crippen LogP contribution in [0.5, 0.6) is 11.5 Å². The van der Waals surface area contributed by atoms with Gasteiger partial charge in [0.15, 0.2) is 0 Å². The molecule has 0 aromatic heterocycles. The monoisotopic (exact) mass is 343 g/mol. The molecule has 0 bridgehead atoms. The molecule has 4 rings (SSSR count). The van der Waals surface area contributed by atoms with Gasteiger partial charge in [-0.1, -0.05) is 27.7 Å². The number of phenols is 1. The minimum atomic E-state index is 0.0639. The van der Waals surface area contributed by atoms with Gasteiger partial charge in [0.05, 0.1) is 7.11 Å². The molecule has 138 valence electrons. The van der Waals surface area contributed by atoms with Gasteiger partial charge >= 0.3 is 0 Å². The Labute approximate surface area is 152 Å². The first-order valence-electron chi connectivity index (χ1n) is 9.80. The average molecular weight is 344 g/mol. The molecule has 5 atom stereocenters. The zero-order valence-corrected chi connectivity index (χ0v) is 16.4. The second-order valence-corrected chi connectivity index (χ2v) is 9.92. The summed E-state index contributed by atoms with van der Waals surface area (Å²) in [6.07, 6.45) is 5.71. The molecule has 0 amide bonds. The standard InChI is InChI=1S/C22H33NO2/c1-20(2)16-6-8-22(4)17(21(16,3)9-7-18(20)23)11-13-10-14(25-5)12-15(24)19(13)22/h10,12,16-18,24H,6-9,11,23H2,1-5H3. The molecule has 0 heterocycles. The van der Waals surface area contributed by atoms with Crippen molar-refractivity contribution in [3.8, 4) is 11.5 Å². The molecule has 2 fully saturated rings. The fraction of sp³-hybridized carbons (Fsp3) is 0.727. The second-order valence-electron chi connectivity index (χ2n) is 9.92. The molecule has 3 nitrogen and oxygen atoms in total. The maximum absolute atomic E-state index is 10.8. The molecule has 25 heavy (non-hydrogen) atoms. The minimum Gasteiger partial charge on any atom is -0.507 e. The van der Waals surface area contributed by atoms with Crippen LogP contribution in [-0.4, -0.2) is 18.3 Å². The first-order chi connectivity index (χ1) is 11.6. The van der Waals surface area contributed by atoms with E-state index in [1.165, 1.54) is 24.0 Å². The van der Waals surface area contributed by atoms with Crippen LogP contribution >= 0.6 is 0 Å². The van der Waals surface area contributed by atoms with Crippen molar-refractivity contribution >= 4 is 0 Å². The lowest BCUT2D eigenvalue weighted by Crippen LogP contribution is -2.60. The molecule has 3 heteroatoms. The first-order valence-corrected chi connectivity index (χ1v) is 9.80. The number of aromatic hydroxyl groups is 1. The van der Waals surface area contributed by atoms with Gasteiger partial charge in [0, 0.05) is 23.1 Å². The highest BCUT2D eigenvalue weighted by Gasteiger charge is 2.62. The molecule has 1 aromatic carbocycles. The van der Waals surface area contributed by atoms with Gasteiger partial charge in [0.1, 0.15) is 11.5 Å². The Kier molecular flexibility index (Phi) is 3.55. The summed E-state index contributed by atoms with van der Waals surface area (Å²) in [5.74, 6) is 2.41. The lowest BCUT2D eigenvalue weighted by molar-refractivity contribution is -0.107. The maximum atomic E-state index is 10.8. The number of fused-ring (bicyclic) bond motifs is 5. The SMILES string of the molecule is COc1cc(O)c2c(c1)CC1C2(C)CCC2C(C)(C)C(N)CCC12C. The van der Waals surface area contributed by atoms with Crippen LogP contribution in [0.15, 0.2) is 12.1 Å². The second kappa shape index (κ2) is 5.16. The number of hydrogen-bond acceptors (Lipinski definition) is 3. The van der Waals surface area contributed by atoms with Crippen molar-refractivity contribution in [3.63, 3.8) is 0 Å². The summed E-state index contributed by atoms with van der Waals surface area (Å²) in [6, 6.07) is 4.24. The molecule has 3 N–H and O–H groups in total. The third-order valence-electron chi connectivity index (χ3n) is 8.56. The van der Waals surface area contributed by atoms with Gasteiger partial charge in [-0.15, -0.1) is 0 Å². The molecule has 3 aliphatic carbocycles. The van der Waals surface area contributed by atoms with Crippen molar-refractivity contribution < 1.29 is 9.84 Å². The van der Waals surface area contributed by atoms with E-state index in [4.69, 9.17) is 10.5 Å². The number of phenolic OH excluding ortho intramolecular Hbond substituents is 1. The molecular formula is C22H33NO2. The van der Waals surface area contributed by atoms with E-state index in [2.05, 4.69) is 33.8 Å². The summed E-state index contributed by atoms with van der Waals surface area (Å²) in [5, 5.41) is 10.8. The first kappa shape index (κ1) is 17.2. The Morgan fingerprint density at radius 3 is 2.48 bits per heavy atom. The largest absolute Gasteiger partial charge is 0.507 e. The molecule has 0 radical (unpaired) electrons. The van der Waals surface area contributed by atoms with Crippen molar-refractivity contribution in [2.24, 2.45) is 28.4 Å². The van der Waals surface area contributed by atoms with E-state index in [0.29, 0.717) is 23.6 Å². The van der Waals surface area contributed by atoms with Crippen LogP contribution in [0.3, 0.4) is 0 Å². The van der Waals surface area contributed by atoms with Crippen molar-refractivity contribution in [2.45, 2.75) is 71.3 Å². The van der Waals surface area contributed by atoms with E-state index in [1.54, 1.807) is 13.2 Å². The summed E-state index contributed by atoms with van der Waals surface area (Å²) >= 11 is 0. The zero-order valence-electron chi connectivity index (χ0n) is 16.4. The highest BCUT2D eigenvalue weighted by molar-refractivity contribution is 5.54. The van der Waals surface area contributed by atoms with Gasteiger partial charge in [0.2, 0.25) is 0 Å². The quantitative estimate of drug-likeness (QED) is 0.795. The van der Waals surface area contributed by atoms with Gasteiger partial charge in [-0.2, -0.15) is 0 Å². The number of hydrogen-bond donors (Lipinski definition) is 2. The average Bonchev–Trinajstić information content (AvgIpc) is 2.86. The molecule has 0 aliphatic heterocycles. The summed E-state index contributed by atoms with van der Waals surface area (Å²) in [5.41, 5.74) is 9.54. The number of methoxy groups -OCH3 is 1. The van der Waals surface area contributed by atoms with E-state index in [9.17, 15) is 5.11 Å². The van der Waals surface area contributed by atoms with Crippen LogP contribution in [0.4, 0.5) is 0 Å².